The zero-order valence-corrected chi connectivity index (χ0v) is 23.1. The molecule has 0 aliphatic rings. The molecule has 9 N–H and O–H groups in total. The van der Waals surface area contributed by atoms with Gasteiger partial charge < -0.3 is 42.0 Å². The zero-order valence-electron chi connectivity index (χ0n) is 23.1. The Hall–Kier alpha value is -5.24. The Morgan fingerprint density at radius 1 is 0.767 bits per heavy atom. The lowest BCUT2D eigenvalue weighted by Crippen LogP contribution is -2.58. The summed E-state index contributed by atoms with van der Waals surface area (Å²) in [5.74, 6) is -4.84. The van der Waals surface area contributed by atoms with Crippen molar-refractivity contribution in [3.8, 4) is 5.75 Å². The monoisotopic (exact) mass is 594 g/mol. The van der Waals surface area contributed by atoms with Crippen LogP contribution in [-0.2, 0) is 43.2 Å². The fourth-order valence-corrected chi connectivity index (χ4v) is 4.21. The van der Waals surface area contributed by atoms with Gasteiger partial charge in [-0.15, -0.1) is 0 Å². The standard InChI is InChI=1S/C29H34N6O8/c30-21(12-18-6-8-20(36)9-7-18)26(39)33-22(10-11-25(37)38)27(40)34-23(13-17-4-2-1-3-5-17)28(41)35-24(29(42)43)14-19-15-31-16-32-19/h1-9,15-16,21-24,36H,10-14,30H2,(H,31,32)(H,33,39)(H,34,40)(H,35,41)(H,37,38)(H,42,43). The minimum atomic E-state index is -1.36. The summed E-state index contributed by atoms with van der Waals surface area (Å²) >= 11 is 0. The number of aromatic hydroxyl groups is 1. The largest absolute Gasteiger partial charge is 0.508 e. The first-order chi connectivity index (χ1) is 20.5. The van der Waals surface area contributed by atoms with Crippen molar-refractivity contribution in [3.05, 3.63) is 83.9 Å². The summed E-state index contributed by atoms with van der Waals surface area (Å²) in [6, 6.07) is 9.63. The highest BCUT2D eigenvalue weighted by Crippen LogP contribution is 2.12. The van der Waals surface area contributed by atoms with Crippen LogP contribution in [0.25, 0.3) is 0 Å². The summed E-state index contributed by atoms with van der Waals surface area (Å²) in [6.07, 6.45) is 2.00. The van der Waals surface area contributed by atoms with Gasteiger partial charge in [0.15, 0.2) is 0 Å². The lowest BCUT2D eigenvalue weighted by atomic mass is 10.0. The van der Waals surface area contributed by atoms with Gasteiger partial charge in [0.1, 0.15) is 23.9 Å². The molecule has 0 spiro atoms. The predicted molar refractivity (Wildman–Crippen MR) is 153 cm³/mol. The highest BCUT2D eigenvalue weighted by molar-refractivity contribution is 5.94. The van der Waals surface area contributed by atoms with E-state index in [1.807, 2.05) is 0 Å². The lowest BCUT2D eigenvalue weighted by molar-refractivity contribution is -0.142. The number of benzene rings is 2. The van der Waals surface area contributed by atoms with E-state index in [9.17, 15) is 39.3 Å². The maximum absolute atomic E-state index is 13.4. The van der Waals surface area contributed by atoms with E-state index >= 15 is 0 Å². The molecule has 0 saturated carbocycles. The van der Waals surface area contributed by atoms with Crippen LogP contribution in [0.15, 0.2) is 67.1 Å². The Morgan fingerprint density at radius 2 is 1.37 bits per heavy atom. The third-order valence-electron chi connectivity index (χ3n) is 6.52. The number of nitrogens with zero attached hydrogens (tertiary/aromatic N) is 1. The molecule has 43 heavy (non-hydrogen) atoms. The molecule has 0 fully saturated rings. The number of aromatic nitrogens is 2. The van der Waals surface area contributed by atoms with Crippen molar-refractivity contribution in [1.29, 1.82) is 0 Å². The number of phenolic OH excluding ortho intramolecular Hbond substituents is 1. The normalized spacial score (nSPS) is 13.6. The van der Waals surface area contributed by atoms with Gasteiger partial charge in [0.25, 0.3) is 0 Å². The van der Waals surface area contributed by atoms with Crippen molar-refractivity contribution >= 4 is 29.7 Å². The molecule has 1 aromatic heterocycles. The minimum absolute atomic E-state index is 0.0191. The zero-order chi connectivity index (χ0) is 31.4. The van der Waals surface area contributed by atoms with Gasteiger partial charge >= 0.3 is 11.9 Å². The van der Waals surface area contributed by atoms with Gasteiger partial charge in [0.05, 0.1) is 12.4 Å². The molecule has 0 radical (unpaired) electrons. The smallest absolute Gasteiger partial charge is 0.326 e. The van der Waals surface area contributed by atoms with E-state index in [4.69, 9.17) is 5.73 Å². The Labute approximate surface area is 246 Å². The first-order valence-electron chi connectivity index (χ1n) is 13.4. The molecule has 14 nitrogen and oxygen atoms in total. The number of nitrogens with one attached hydrogen (secondary N) is 4. The number of aromatic amines is 1. The van der Waals surface area contributed by atoms with Crippen LogP contribution in [0.5, 0.6) is 5.75 Å². The van der Waals surface area contributed by atoms with Crippen LogP contribution >= 0.6 is 0 Å². The van der Waals surface area contributed by atoms with Gasteiger partial charge in [0.2, 0.25) is 17.7 Å². The van der Waals surface area contributed by atoms with E-state index in [2.05, 4.69) is 25.9 Å². The van der Waals surface area contributed by atoms with Crippen LogP contribution in [0.4, 0.5) is 0 Å². The second-order valence-electron chi connectivity index (χ2n) is 9.90. The van der Waals surface area contributed by atoms with Crippen molar-refractivity contribution in [1.82, 2.24) is 25.9 Å². The van der Waals surface area contributed by atoms with Gasteiger partial charge in [-0.3, -0.25) is 19.2 Å². The van der Waals surface area contributed by atoms with Crippen molar-refractivity contribution in [3.63, 3.8) is 0 Å². The molecule has 1 heterocycles. The van der Waals surface area contributed by atoms with E-state index in [1.165, 1.54) is 24.7 Å². The SMILES string of the molecule is NC(Cc1ccc(O)cc1)C(=O)NC(CCC(=O)O)C(=O)NC(Cc1ccccc1)C(=O)NC(Cc1cnc[nH]1)C(=O)O. The fraction of sp³-hybridized carbons (Fsp3) is 0.310. The topological polar surface area (TPSA) is 237 Å². The molecular weight excluding hydrogens is 560 g/mol. The van der Waals surface area contributed by atoms with Crippen molar-refractivity contribution in [2.45, 2.75) is 56.3 Å². The average Bonchev–Trinajstić information content (AvgIpc) is 3.49. The summed E-state index contributed by atoms with van der Waals surface area (Å²) in [7, 11) is 0. The van der Waals surface area contributed by atoms with Crippen LogP contribution < -0.4 is 21.7 Å². The van der Waals surface area contributed by atoms with Gasteiger partial charge in [0, 0.05) is 31.2 Å². The summed E-state index contributed by atoms with van der Waals surface area (Å²) in [4.78, 5) is 69.4. The number of hydrogen-bond acceptors (Lipinski definition) is 8. The van der Waals surface area contributed by atoms with Gasteiger partial charge in [-0.2, -0.15) is 0 Å². The average molecular weight is 595 g/mol. The number of carboxylic acid groups (broad SMARTS) is 2. The third-order valence-corrected chi connectivity index (χ3v) is 6.52. The Bertz CT molecular complexity index is 1380. The highest BCUT2D eigenvalue weighted by Gasteiger charge is 2.31. The van der Waals surface area contributed by atoms with Crippen molar-refractivity contribution < 1.29 is 39.3 Å². The van der Waals surface area contributed by atoms with Gasteiger partial charge in [-0.05, 0) is 36.1 Å². The number of H-pyrrole nitrogens is 1. The maximum Gasteiger partial charge on any atom is 0.326 e. The summed E-state index contributed by atoms with van der Waals surface area (Å²) in [5.41, 5.74) is 7.81. The number of hydrogen-bond donors (Lipinski definition) is 8. The number of phenols is 1. The number of imidazole rings is 1. The maximum atomic E-state index is 13.4. The number of carboxylic acids is 2. The molecule has 4 unspecified atom stereocenters. The molecule has 0 saturated heterocycles. The quantitative estimate of drug-likeness (QED) is 0.109. The van der Waals surface area contributed by atoms with E-state index in [1.54, 1.807) is 42.5 Å². The third kappa shape index (κ3) is 10.6. The van der Waals surface area contributed by atoms with Crippen molar-refractivity contribution in [2.75, 3.05) is 0 Å². The molecule has 4 atom stereocenters. The second kappa shape index (κ2) is 15.7. The van der Waals surface area contributed by atoms with Crippen LogP contribution in [0, 0.1) is 0 Å². The molecule has 228 valence electrons. The molecule has 0 bridgehead atoms. The molecule has 14 heteroatoms. The number of aliphatic carboxylic acids is 2. The Balaban J connectivity index is 1.76. The minimum Gasteiger partial charge on any atom is -0.508 e. The number of rotatable bonds is 16. The lowest BCUT2D eigenvalue weighted by Gasteiger charge is -2.25. The predicted octanol–water partition coefficient (Wildman–Crippen LogP) is -0.126. The first-order valence-corrected chi connectivity index (χ1v) is 13.4. The second-order valence-corrected chi connectivity index (χ2v) is 9.90. The molecule has 3 rings (SSSR count). The number of amides is 3. The Kier molecular flexibility index (Phi) is 11.8. The number of nitrogens with two attached hydrogens (primary N) is 1. The molecular formula is C29H34N6O8. The van der Waals surface area contributed by atoms with Gasteiger partial charge in [-0.1, -0.05) is 42.5 Å². The van der Waals surface area contributed by atoms with Crippen LogP contribution in [-0.4, -0.2) is 79.1 Å². The van der Waals surface area contributed by atoms with E-state index in [-0.39, 0.29) is 31.4 Å². The number of carbonyl (C=O) groups is 5. The highest BCUT2D eigenvalue weighted by atomic mass is 16.4. The van der Waals surface area contributed by atoms with Crippen LogP contribution in [0.2, 0.25) is 0 Å². The van der Waals surface area contributed by atoms with Crippen molar-refractivity contribution in [2.24, 2.45) is 5.73 Å². The summed E-state index contributed by atoms with van der Waals surface area (Å²) in [6.45, 7) is 0. The van der Waals surface area contributed by atoms with E-state index in [0.29, 0.717) is 16.8 Å². The fourth-order valence-electron chi connectivity index (χ4n) is 4.21. The summed E-state index contributed by atoms with van der Waals surface area (Å²) in [5, 5.41) is 35.8. The summed E-state index contributed by atoms with van der Waals surface area (Å²) < 4.78 is 0. The van der Waals surface area contributed by atoms with E-state index in [0.717, 1.165) is 0 Å². The van der Waals surface area contributed by atoms with Gasteiger partial charge in [-0.25, -0.2) is 9.78 Å². The Morgan fingerprint density at radius 3 is 1.98 bits per heavy atom. The molecule has 2 aromatic carbocycles. The first kappa shape index (κ1) is 32.3. The molecule has 3 amide bonds. The van der Waals surface area contributed by atoms with E-state index < -0.39 is 60.2 Å². The van der Waals surface area contributed by atoms with Crippen LogP contribution in [0.3, 0.4) is 0 Å². The molecule has 0 aliphatic heterocycles. The van der Waals surface area contributed by atoms with Crippen LogP contribution in [0.1, 0.15) is 29.7 Å². The number of carbonyl (C=O) groups excluding carboxylic acids is 3. The molecule has 3 aromatic rings. The molecule has 0 aliphatic carbocycles.